The Balaban J connectivity index is 1.93. The Bertz CT molecular complexity index is 967. The molecule has 0 spiro atoms. The van der Waals surface area contributed by atoms with E-state index in [-0.39, 0.29) is 5.69 Å². The molecule has 0 bridgehead atoms. The number of hydrogen-bond donors (Lipinski definition) is 3. The Morgan fingerprint density at radius 1 is 1.04 bits per heavy atom. The normalized spacial score (nSPS) is 10.5. The number of amides is 2. The molecule has 3 rings (SSSR count). The van der Waals surface area contributed by atoms with Crippen molar-refractivity contribution < 1.29 is 9.21 Å². The molecule has 2 aromatic carbocycles. The largest absolute Gasteiger partial charge is 0.421 e. The Kier molecular flexibility index (Phi) is 5.04. The maximum atomic E-state index is 12.3. The second-order valence-corrected chi connectivity index (χ2v) is 6.17. The third kappa shape index (κ3) is 3.83. The zero-order chi connectivity index (χ0) is 17.8. The van der Waals surface area contributed by atoms with E-state index in [2.05, 4.69) is 31.9 Å². The lowest BCUT2D eigenvalue weighted by atomic mass is 10.2. The first-order valence-electron chi connectivity index (χ1n) is 7.71. The van der Waals surface area contributed by atoms with Gasteiger partial charge in [-0.2, -0.15) is 0 Å². The number of rotatable bonds is 4. The van der Waals surface area contributed by atoms with Gasteiger partial charge in [-0.1, -0.05) is 28.1 Å². The van der Waals surface area contributed by atoms with Gasteiger partial charge in [0, 0.05) is 22.1 Å². The van der Waals surface area contributed by atoms with Gasteiger partial charge in [0.1, 0.15) is 5.58 Å². The molecule has 0 aliphatic rings. The molecule has 0 aliphatic heterocycles. The van der Waals surface area contributed by atoms with E-state index in [0.717, 1.165) is 9.86 Å². The fourth-order valence-corrected chi connectivity index (χ4v) is 2.70. The Hall–Kier alpha value is -2.80. The number of anilines is 3. The summed E-state index contributed by atoms with van der Waals surface area (Å²) in [7, 11) is 0. The molecular weight excluding hydrogens is 386 g/mol. The van der Waals surface area contributed by atoms with Crippen molar-refractivity contribution in [2.24, 2.45) is 0 Å². The van der Waals surface area contributed by atoms with Crippen LogP contribution in [0.3, 0.4) is 0 Å². The Morgan fingerprint density at radius 2 is 1.76 bits per heavy atom. The molecule has 2 amide bonds. The molecule has 6 nitrogen and oxygen atoms in total. The summed E-state index contributed by atoms with van der Waals surface area (Å²) in [6, 6.07) is 13.8. The van der Waals surface area contributed by atoms with Crippen LogP contribution in [0.1, 0.15) is 6.92 Å². The van der Waals surface area contributed by atoms with Crippen LogP contribution in [-0.4, -0.2) is 12.6 Å². The lowest BCUT2D eigenvalue weighted by Crippen LogP contribution is -2.24. The SMILES string of the molecule is CCNc1c(NC(=O)Nc2ccc(Br)cc2)c(=O)oc2ccccc12. The van der Waals surface area contributed by atoms with Gasteiger partial charge in [0.25, 0.3) is 0 Å². The van der Waals surface area contributed by atoms with Gasteiger partial charge in [0.2, 0.25) is 0 Å². The second kappa shape index (κ2) is 7.40. The third-order valence-electron chi connectivity index (χ3n) is 3.51. The Labute approximate surface area is 152 Å². The van der Waals surface area contributed by atoms with Crippen molar-refractivity contribution in [2.45, 2.75) is 6.92 Å². The van der Waals surface area contributed by atoms with E-state index in [1.807, 2.05) is 31.2 Å². The van der Waals surface area contributed by atoms with Crippen molar-refractivity contribution in [1.82, 2.24) is 0 Å². The van der Waals surface area contributed by atoms with E-state index >= 15 is 0 Å². The van der Waals surface area contributed by atoms with Gasteiger partial charge in [0.05, 0.1) is 5.69 Å². The number of para-hydroxylation sites is 1. The summed E-state index contributed by atoms with van der Waals surface area (Å²) in [5, 5.41) is 9.12. The lowest BCUT2D eigenvalue weighted by Gasteiger charge is -2.13. The van der Waals surface area contributed by atoms with Crippen LogP contribution in [0.4, 0.5) is 21.9 Å². The van der Waals surface area contributed by atoms with Crippen LogP contribution in [0, 0.1) is 0 Å². The molecule has 0 radical (unpaired) electrons. The number of benzene rings is 2. The standard InChI is InChI=1S/C18H16BrN3O3/c1-2-20-15-13-5-3-4-6-14(13)25-17(23)16(15)22-18(24)21-12-9-7-11(19)8-10-12/h3-10,20H,2H2,1H3,(H2,21,22,24). The molecule has 3 aromatic rings. The third-order valence-corrected chi connectivity index (χ3v) is 4.04. The summed E-state index contributed by atoms with van der Waals surface area (Å²) in [5.41, 5.74) is 1.08. The molecule has 0 fully saturated rings. The van der Waals surface area contributed by atoms with Crippen LogP contribution in [0.15, 0.2) is 62.2 Å². The fourth-order valence-electron chi connectivity index (χ4n) is 2.43. The van der Waals surface area contributed by atoms with Crippen LogP contribution >= 0.6 is 15.9 Å². The lowest BCUT2D eigenvalue weighted by molar-refractivity contribution is 0.262. The van der Waals surface area contributed by atoms with E-state index in [9.17, 15) is 9.59 Å². The van der Waals surface area contributed by atoms with Gasteiger partial charge in [-0.25, -0.2) is 9.59 Å². The predicted molar refractivity (Wildman–Crippen MR) is 103 cm³/mol. The Morgan fingerprint density at radius 3 is 2.48 bits per heavy atom. The van der Waals surface area contributed by atoms with Gasteiger partial charge in [-0.05, 0) is 43.3 Å². The zero-order valence-corrected chi connectivity index (χ0v) is 15.0. The van der Waals surface area contributed by atoms with Gasteiger partial charge in [-0.15, -0.1) is 0 Å². The van der Waals surface area contributed by atoms with Crippen LogP contribution in [-0.2, 0) is 0 Å². The summed E-state index contributed by atoms with van der Waals surface area (Å²) in [5.74, 6) is 0. The van der Waals surface area contributed by atoms with Crippen LogP contribution in [0.2, 0.25) is 0 Å². The first kappa shape index (κ1) is 17.0. The van der Waals surface area contributed by atoms with E-state index in [4.69, 9.17) is 4.42 Å². The molecule has 0 saturated heterocycles. The van der Waals surface area contributed by atoms with Crippen molar-refractivity contribution in [3.8, 4) is 0 Å². The molecular formula is C18H16BrN3O3. The first-order valence-corrected chi connectivity index (χ1v) is 8.51. The number of fused-ring (bicyclic) bond motifs is 1. The van der Waals surface area contributed by atoms with Crippen molar-refractivity contribution in [3.05, 3.63) is 63.4 Å². The van der Waals surface area contributed by atoms with Crippen molar-refractivity contribution in [2.75, 3.05) is 22.5 Å². The van der Waals surface area contributed by atoms with E-state index in [1.165, 1.54) is 0 Å². The molecule has 1 heterocycles. The maximum absolute atomic E-state index is 12.3. The molecule has 25 heavy (non-hydrogen) atoms. The summed E-state index contributed by atoms with van der Waals surface area (Å²) >= 11 is 3.33. The van der Waals surface area contributed by atoms with Crippen molar-refractivity contribution in [3.63, 3.8) is 0 Å². The summed E-state index contributed by atoms with van der Waals surface area (Å²) in [6.07, 6.45) is 0. The second-order valence-electron chi connectivity index (χ2n) is 5.25. The van der Waals surface area contributed by atoms with Crippen LogP contribution in [0.25, 0.3) is 11.0 Å². The topological polar surface area (TPSA) is 83.4 Å². The maximum Gasteiger partial charge on any atom is 0.362 e. The number of carbonyl (C=O) groups excluding carboxylic acids is 1. The number of urea groups is 1. The molecule has 0 saturated carbocycles. The van der Waals surface area contributed by atoms with E-state index in [1.54, 1.807) is 24.3 Å². The quantitative estimate of drug-likeness (QED) is 0.556. The number of halogens is 1. The number of hydrogen-bond acceptors (Lipinski definition) is 4. The fraction of sp³-hybridized carbons (Fsp3) is 0.111. The monoisotopic (exact) mass is 401 g/mol. The van der Waals surface area contributed by atoms with E-state index in [0.29, 0.717) is 23.5 Å². The van der Waals surface area contributed by atoms with Crippen LogP contribution < -0.4 is 21.6 Å². The van der Waals surface area contributed by atoms with Crippen LogP contribution in [0.5, 0.6) is 0 Å². The van der Waals surface area contributed by atoms with Gasteiger partial charge < -0.3 is 15.1 Å². The minimum Gasteiger partial charge on any atom is -0.421 e. The number of nitrogens with one attached hydrogen (secondary N) is 3. The smallest absolute Gasteiger partial charge is 0.362 e. The average Bonchev–Trinajstić information content (AvgIpc) is 2.60. The summed E-state index contributed by atoms with van der Waals surface area (Å²) < 4.78 is 6.21. The highest BCUT2D eigenvalue weighted by Crippen LogP contribution is 2.28. The highest BCUT2D eigenvalue weighted by molar-refractivity contribution is 9.10. The van der Waals surface area contributed by atoms with Gasteiger partial charge in [-0.3, -0.25) is 5.32 Å². The summed E-state index contributed by atoms with van der Waals surface area (Å²) in [6.45, 7) is 2.51. The predicted octanol–water partition coefficient (Wildman–Crippen LogP) is 4.63. The highest BCUT2D eigenvalue weighted by atomic mass is 79.9. The first-order chi connectivity index (χ1) is 12.1. The minimum atomic E-state index is -0.611. The molecule has 0 unspecified atom stereocenters. The average molecular weight is 402 g/mol. The molecule has 128 valence electrons. The van der Waals surface area contributed by atoms with Gasteiger partial charge >= 0.3 is 11.7 Å². The molecule has 0 aliphatic carbocycles. The van der Waals surface area contributed by atoms with Crippen molar-refractivity contribution >= 4 is 50.0 Å². The molecule has 7 heteroatoms. The minimum absolute atomic E-state index is 0.0789. The molecule has 1 aromatic heterocycles. The van der Waals surface area contributed by atoms with Crippen molar-refractivity contribution in [1.29, 1.82) is 0 Å². The molecule has 0 atom stereocenters. The molecule has 3 N–H and O–H groups in total. The number of carbonyl (C=O) groups is 1. The summed E-state index contributed by atoms with van der Waals surface area (Å²) in [4.78, 5) is 24.6. The zero-order valence-electron chi connectivity index (χ0n) is 13.4. The highest BCUT2D eigenvalue weighted by Gasteiger charge is 2.16. The van der Waals surface area contributed by atoms with Gasteiger partial charge in [0.15, 0.2) is 5.69 Å². The van der Waals surface area contributed by atoms with E-state index < -0.39 is 11.7 Å².